The summed E-state index contributed by atoms with van der Waals surface area (Å²) in [5.74, 6) is -0.203. The highest BCUT2D eigenvalue weighted by molar-refractivity contribution is 9.10. The van der Waals surface area contributed by atoms with Crippen LogP contribution in [0.5, 0.6) is 0 Å². The maximum Gasteiger partial charge on any atom is 0.288 e. The van der Waals surface area contributed by atoms with Crippen LogP contribution in [0, 0.1) is 17.0 Å². The second-order valence-corrected chi connectivity index (χ2v) is 5.25. The van der Waals surface area contributed by atoms with Crippen LogP contribution in [0.15, 0.2) is 12.1 Å². The molecule has 1 aromatic rings. The van der Waals surface area contributed by atoms with Gasteiger partial charge in [-0.3, -0.25) is 14.9 Å². The van der Waals surface area contributed by atoms with Crippen molar-refractivity contribution in [3.05, 3.63) is 32.8 Å². The van der Waals surface area contributed by atoms with Crippen LogP contribution >= 0.6 is 27.5 Å². The van der Waals surface area contributed by atoms with Gasteiger partial charge in [-0.1, -0.05) is 34.5 Å². The fourth-order valence-electron chi connectivity index (χ4n) is 1.34. The zero-order chi connectivity index (χ0) is 13.9. The maximum atomic E-state index is 11.7. The number of nitro benzene ring substituents is 1. The zero-order valence-electron chi connectivity index (χ0n) is 9.87. The Morgan fingerprint density at radius 3 is 2.72 bits per heavy atom. The average molecular weight is 336 g/mol. The van der Waals surface area contributed by atoms with Crippen molar-refractivity contribution >= 4 is 44.8 Å². The van der Waals surface area contributed by atoms with Gasteiger partial charge >= 0.3 is 0 Å². The van der Waals surface area contributed by atoms with E-state index in [9.17, 15) is 14.9 Å². The monoisotopic (exact) mass is 334 g/mol. The number of carbonyl (C=O) groups is 1. The third kappa shape index (κ3) is 3.43. The smallest absolute Gasteiger partial charge is 0.288 e. The molecule has 0 aromatic heterocycles. The lowest BCUT2D eigenvalue weighted by Crippen LogP contribution is -2.22. The van der Waals surface area contributed by atoms with Crippen molar-refractivity contribution in [3.63, 3.8) is 0 Å². The fourth-order valence-corrected chi connectivity index (χ4v) is 1.68. The Morgan fingerprint density at radius 1 is 1.61 bits per heavy atom. The molecule has 0 saturated carbocycles. The van der Waals surface area contributed by atoms with Gasteiger partial charge in [-0.15, -0.1) is 0 Å². The molecule has 1 aromatic carbocycles. The molecule has 1 rings (SSSR count). The second-order valence-electron chi connectivity index (χ2n) is 3.74. The summed E-state index contributed by atoms with van der Waals surface area (Å²) in [7, 11) is 0. The summed E-state index contributed by atoms with van der Waals surface area (Å²) in [5.41, 5.74) is 0.904. The molecule has 0 aliphatic heterocycles. The molecule has 1 amide bonds. The number of hydrogen-bond donors (Lipinski definition) is 1. The van der Waals surface area contributed by atoms with Crippen molar-refractivity contribution in [1.29, 1.82) is 0 Å². The van der Waals surface area contributed by atoms with Crippen LogP contribution in [0.25, 0.3) is 0 Å². The van der Waals surface area contributed by atoms with Crippen LogP contribution < -0.4 is 5.32 Å². The highest BCUT2D eigenvalue weighted by Gasteiger charge is 2.18. The molecule has 1 N–H and O–H groups in total. The summed E-state index contributed by atoms with van der Waals surface area (Å²) in [6.45, 7) is 3.54. The number of rotatable bonds is 4. The van der Waals surface area contributed by atoms with E-state index in [-0.39, 0.29) is 21.4 Å². The maximum absolute atomic E-state index is 11.7. The van der Waals surface area contributed by atoms with E-state index in [4.69, 9.17) is 11.6 Å². The van der Waals surface area contributed by atoms with Gasteiger partial charge in [0.15, 0.2) is 0 Å². The number of hydrogen-bond acceptors (Lipinski definition) is 3. The lowest BCUT2D eigenvalue weighted by atomic mass is 10.1. The van der Waals surface area contributed by atoms with E-state index in [1.165, 1.54) is 12.1 Å². The van der Waals surface area contributed by atoms with Crippen molar-refractivity contribution in [1.82, 2.24) is 0 Å². The Bertz CT molecular complexity index is 493. The lowest BCUT2D eigenvalue weighted by molar-refractivity contribution is -0.384. The molecule has 98 valence electrons. The molecule has 0 fully saturated rings. The molecule has 7 heteroatoms. The van der Waals surface area contributed by atoms with Gasteiger partial charge in [-0.2, -0.15) is 0 Å². The first-order valence-electron chi connectivity index (χ1n) is 5.26. The van der Waals surface area contributed by atoms with Gasteiger partial charge in [0.25, 0.3) is 5.69 Å². The Morgan fingerprint density at radius 2 is 2.22 bits per heavy atom. The largest absolute Gasteiger partial charge is 0.325 e. The number of amides is 1. The quantitative estimate of drug-likeness (QED) is 0.518. The summed E-state index contributed by atoms with van der Waals surface area (Å²) in [6.07, 6.45) is 0.644. The Kier molecular flexibility index (Phi) is 5.10. The van der Waals surface area contributed by atoms with Crippen LogP contribution in [-0.4, -0.2) is 15.7 Å². The minimum absolute atomic E-state index is 0.00326. The summed E-state index contributed by atoms with van der Waals surface area (Å²) in [5, 5.41) is 13.4. The molecule has 18 heavy (non-hydrogen) atoms. The van der Waals surface area contributed by atoms with Gasteiger partial charge in [0.1, 0.15) is 5.02 Å². The number of nitro groups is 1. The molecule has 5 nitrogen and oxygen atoms in total. The number of nitrogens with zero attached hydrogens (tertiary/aromatic N) is 1. The summed E-state index contributed by atoms with van der Waals surface area (Å²) >= 11 is 9.02. The normalized spacial score (nSPS) is 12.0. The van der Waals surface area contributed by atoms with Crippen LogP contribution in [0.2, 0.25) is 5.02 Å². The van der Waals surface area contributed by atoms with Crippen LogP contribution in [0.4, 0.5) is 11.4 Å². The van der Waals surface area contributed by atoms with Gasteiger partial charge in [0, 0.05) is 11.8 Å². The van der Waals surface area contributed by atoms with Gasteiger partial charge in [0.2, 0.25) is 5.91 Å². The first kappa shape index (κ1) is 14.9. The zero-order valence-corrected chi connectivity index (χ0v) is 12.2. The number of halogens is 2. The molecule has 0 heterocycles. The van der Waals surface area contributed by atoms with Gasteiger partial charge < -0.3 is 5.32 Å². The SMILES string of the molecule is CCC(Br)C(=O)Nc1cc(Cl)c([N+](=O)[O-])cc1C. The van der Waals surface area contributed by atoms with E-state index in [1.807, 2.05) is 6.92 Å². The van der Waals surface area contributed by atoms with Crippen molar-refractivity contribution in [3.8, 4) is 0 Å². The minimum Gasteiger partial charge on any atom is -0.325 e. The Balaban J connectivity index is 3.02. The standard InChI is InChI=1S/C11H12BrClN2O3/c1-3-7(12)11(16)14-9-5-8(13)10(15(17)18)4-6(9)2/h4-5,7H,3H2,1-2H3,(H,14,16). The molecule has 0 spiro atoms. The number of anilines is 1. The lowest BCUT2D eigenvalue weighted by Gasteiger charge is -2.11. The molecule has 0 radical (unpaired) electrons. The average Bonchev–Trinajstić information content (AvgIpc) is 2.31. The Hall–Kier alpha value is -1.14. The number of benzene rings is 1. The van der Waals surface area contributed by atoms with Crippen molar-refractivity contribution in [2.45, 2.75) is 25.1 Å². The summed E-state index contributed by atoms with van der Waals surface area (Å²) < 4.78 is 0. The number of carbonyl (C=O) groups excluding carboxylic acids is 1. The summed E-state index contributed by atoms with van der Waals surface area (Å²) in [6, 6.07) is 2.73. The molecule has 1 unspecified atom stereocenters. The highest BCUT2D eigenvalue weighted by Crippen LogP contribution is 2.30. The number of aryl methyl sites for hydroxylation is 1. The molecular formula is C11H12BrClN2O3. The highest BCUT2D eigenvalue weighted by atomic mass is 79.9. The topological polar surface area (TPSA) is 72.2 Å². The fraction of sp³-hybridized carbons (Fsp3) is 0.364. The van der Waals surface area contributed by atoms with E-state index in [0.29, 0.717) is 17.7 Å². The molecule has 0 saturated heterocycles. The van der Waals surface area contributed by atoms with E-state index in [1.54, 1.807) is 6.92 Å². The van der Waals surface area contributed by atoms with E-state index in [2.05, 4.69) is 21.2 Å². The molecule has 0 bridgehead atoms. The molecule has 1 atom stereocenters. The van der Waals surface area contributed by atoms with Gasteiger partial charge in [0.05, 0.1) is 9.75 Å². The minimum atomic E-state index is -0.555. The summed E-state index contributed by atoms with van der Waals surface area (Å²) in [4.78, 5) is 21.5. The predicted molar refractivity (Wildman–Crippen MR) is 74.5 cm³/mol. The molecule has 0 aliphatic carbocycles. The van der Waals surface area contributed by atoms with E-state index >= 15 is 0 Å². The third-order valence-electron chi connectivity index (χ3n) is 2.39. The van der Waals surface area contributed by atoms with E-state index < -0.39 is 4.92 Å². The second kappa shape index (κ2) is 6.15. The van der Waals surface area contributed by atoms with Crippen molar-refractivity contribution < 1.29 is 9.72 Å². The first-order chi connectivity index (χ1) is 8.36. The van der Waals surface area contributed by atoms with Crippen LogP contribution in [0.3, 0.4) is 0 Å². The van der Waals surface area contributed by atoms with Gasteiger partial charge in [-0.25, -0.2) is 0 Å². The molecule has 0 aliphatic rings. The van der Waals surface area contributed by atoms with E-state index in [0.717, 1.165) is 0 Å². The van der Waals surface area contributed by atoms with Crippen molar-refractivity contribution in [2.24, 2.45) is 0 Å². The van der Waals surface area contributed by atoms with Crippen LogP contribution in [-0.2, 0) is 4.79 Å². The first-order valence-corrected chi connectivity index (χ1v) is 6.55. The predicted octanol–water partition coefficient (Wildman–Crippen LogP) is 3.67. The van der Waals surface area contributed by atoms with Crippen LogP contribution in [0.1, 0.15) is 18.9 Å². The third-order valence-corrected chi connectivity index (χ3v) is 3.76. The van der Waals surface area contributed by atoms with Crippen molar-refractivity contribution in [2.75, 3.05) is 5.32 Å². The molecular weight excluding hydrogens is 323 g/mol. The van der Waals surface area contributed by atoms with Gasteiger partial charge in [-0.05, 0) is 25.0 Å². The number of alkyl halides is 1. The Labute approximate surface area is 118 Å². The number of nitrogens with one attached hydrogen (secondary N) is 1.